The highest BCUT2D eigenvalue weighted by Crippen LogP contribution is 2.27. The summed E-state index contributed by atoms with van der Waals surface area (Å²) >= 11 is 1.44. The summed E-state index contributed by atoms with van der Waals surface area (Å²) in [5, 5.41) is 8.34. The molecule has 1 amide bonds. The van der Waals surface area contributed by atoms with Crippen molar-refractivity contribution in [1.29, 1.82) is 0 Å². The van der Waals surface area contributed by atoms with Crippen LogP contribution in [0.1, 0.15) is 27.0 Å². The largest absolute Gasteiger partial charge is 0.378 e. The van der Waals surface area contributed by atoms with Crippen LogP contribution in [0.25, 0.3) is 0 Å². The lowest BCUT2D eigenvalue weighted by atomic mass is 10.1. The fraction of sp³-hybridized carbons (Fsp3) is 0.350. The molecule has 1 aliphatic heterocycles. The van der Waals surface area contributed by atoms with Crippen LogP contribution in [0.3, 0.4) is 0 Å². The van der Waals surface area contributed by atoms with Gasteiger partial charge in [-0.15, -0.1) is 0 Å². The number of hydrogen-bond donors (Lipinski definition) is 1. The number of rotatable bonds is 6. The minimum Gasteiger partial charge on any atom is -0.378 e. The highest BCUT2D eigenvalue weighted by Gasteiger charge is 2.23. The maximum atomic E-state index is 13.1. The summed E-state index contributed by atoms with van der Waals surface area (Å²) in [5.41, 5.74) is 1.80. The van der Waals surface area contributed by atoms with Crippen LogP contribution in [0.15, 0.2) is 48.8 Å². The number of ether oxygens (including phenoxy) is 1. The zero-order valence-electron chi connectivity index (χ0n) is 15.7. The molecule has 1 unspecified atom stereocenters. The van der Waals surface area contributed by atoms with Gasteiger partial charge in [-0.25, -0.2) is 4.98 Å². The van der Waals surface area contributed by atoms with E-state index in [1.165, 1.54) is 11.3 Å². The van der Waals surface area contributed by atoms with Crippen molar-refractivity contribution < 1.29 is 9.53 Å². The third-order valence-corrected chi connectivity index (χ3v) is 5.93. The third-order valence-electron chi connectivity index (χ3n) is 4.71. The number of carbonyl (C=O) groups is 1. The number of nitrogens with zero attached hydrogens (tertiary/aromatic N) is 4. The summed E-state index contributed by atoms with van der Waals surface area (Å²) in [5.74, 6) is -0.101. The highest BCUT2D eigenvalue weighted by molar-refractivity contribution is 7.17. The van der Waals surface area contributed by atoms with Gasteiger partial charge in [0.15, 0.2) is 5.13 Å². The molecule has 28 heavy (non-hydrogen) atoms. The Morgan fingerprint density at radius 1 is 1.25 bits per heavy atom. The molecule has 8 heteroatoms. The molecular formula is C20H23N5O2S. The smallest absolute Gasteiger partial charge is 0.263 e. The van der Waals surface area contributed by atoms with Crippen molar-refractivity contribution in [3.8, 4) is 0 Å². The molecule has 1 aromatic carbocycles. The number of hydrogen-bond acceptors (Lipinski definition) is 6. The van der Waals surface area contributed by atoms with Gasteiger partial charge in [-0.1, -0.05) is 41.7 Å². The Bertz CT molecular complexity index is 904. The minimum atomic E-state index is -0.179. The summed E-state index contributed by atoms with van der Waals surface area (Å²) in [6, 6.07) is 11.7. The molecule has 0 radical (unpaired) electrons. The molecular weight excluding hydrogens is 374 g/mol. The second-order valence-corrected chi connectivity index (χ2v) is 7.65. The molecule has 1 aliphatic rings. The number of anilines is 1. The Labute approximate surface area is 168 Å². The van der Waals surface area contributed by atoms with Gasteiger partial charge in [-0.2, -0.15) is 5.10 Å². The van der Waals surface area contributed by atoms with Crippen molar-refractivity contribution in [3.05, 3.63) is 64.9 Å². The van der Waals surface area contributed by atoms with Crippen LogP contribution < -0.4 is 10.2 Å². The minimum absolute atomic E-state index is 0.101. The molecule has 146 valence electrons. The van der Waals surface area contributed by atoms with Crippen molar-refractivity contribution in [1.82, 2.24) is 20.1 Å². The first-order valence-corrected chi connectivity index (χ1v) is 10.2. The first-order valence-electron chi connectivity index (χ1n) is 9.34. The standard InChI is InChI=1S/C20H23N5O2S/c1-15-18(28-20(22-15)24-10-12-27-13-11-24)19(26)23-17(14-25-9-5-8-21-25)16-6-3-2-4-7-16/h2-9,17H,10-14H2,1H3,(H,23,26). The van der Waals surface area contributed by atoms with E-state index in [1.807, 2.05) is 54.2 Å². The molecule has 2 aromatic heterocycles. The van der Waals surface area contributed by atoms with E-state index < -0.39 is 0 Å². The quantitative estimate of drug-likeness (QED) is 0.692. The topological polar surface area (TPSA) is 72.3 Å². The van der Waals surface area contributed by atoms with E-state index in [4.69, 9.17) is 4.74 Å². The van der Waals surface area contributed by atoms with E-state index in [-0.39, 0.29) is 11.9 Å². The van der Waals surface area contributed by atoms with Gasteiger partial charge in [0, 0.05) is 25.5 Å². The molecule has 4 rings (SSSR count). The normalized spacial score (nSPS) is 15.4. The maximum Gasteiger partial charge on any atom is 0.263 e. The van der Waals surface area contributed by atoms with E-state index in [1.54, 1.807) is 6.20 Å². The molecule has 1 fully saturated rings. The van der Waals surface area contributed by atoms with Crippen LogP contribution in [-0.4, -0.2) is 47.0 Å². The van der Waals surface area contributed by atoms with Gasteiger partial charge in [0.25, 0.3) is 5.91 Å². The molecule has 0 bridgehead atoms. The zero-order chi connectivity index (χ0) is 19.3. The number of benzene rings is 1. The number of thiazole rings is 1. The van der Waals surface area contributed by atoms with Gasteiger partial charge < -0.3 is 15.0 Å². The Morgan fingerprint density at radius 2 is 2.04 bits per heavy atom. The van der Waals surface area contributed by atoms with E-state index in [0.29, 0.717) is 24.6 Å². The van der Waals surface area contributed by atoms with Crippen LogP contribution in [0.5, 0.6) is 0 Å². The van der Waals surface area contributed by atoms with E-state index in [9.17, 15) is 4.79 Å². The average molecular weight is 398 g/mol. The maximum absolute atomic E-state index is 13.1. The van der Waals surface area contributed by atoms with E-state index in [2.05, 4.69) is 20.3 Å². The SMILES string of the molecule is Cc1nc(N2CCOCC2)sc1C(=O)NC(Cn1cccn1)c1ccccc1. The highest BCUT2D eigenvalue weighted by atomic mass is 32.1. The number of morpholine rings is 1. The number of aryl methyl sites for hydroxylation is 1. The van der Waals surface area contributed by atoms with Crippen LogP contribution in [0.2, 0.25) is 0 Å². The summed E-state index contributed by atoms with van der Waals surface area (Å²) in [7, 11) is 0. The van der Waals surface area contributed by atoms with Gasteiger partial charge in [0.1, 0.15) is 4.88 Å². The molecule has 0 aliphatic carbocycles. The van der Waals surface area contributed by atoms with Crippen molar-refractivity contribution in [3.63, 3.8) is 0 Å². The first kappa shape index (κ1) is 18.6. The summed E-state index contributed by atoms with van der Waals surface area (Å²) < 4.78 is 7.23. The van der Waals surface area contributed by atoms with Gasteiger partial charge in [-0.3, -0.25) is 9.48 Å². The van der Waals surface area contributed by atoms with Crippen LogP contribution in [0, 0.1) is 6.92 Å². The molecule has 0 saturated carbocycles. The lowest BCUT2D eigenvalue weighted by Crippen LogP contribution is -2.36. The second kappa shape index (κ2) is 8.53. The fourth-order valence-electron chi connectivity index (χ4n) is 3.22. The Kier molecular flexibility index (Phi) is 5.68. The number of amides is 1. The summed E-state index contributed by atoms with van der Waals surface area (Å²) in [6.45, 7) is 5.46. The molecule has 7 nitrogen and oxygen atoms in total. The third kappa shape index (κ3) is 4.23. The Hall–Kier alpha value is -2.71. The molecule has 1 saturated heterocycles. The van der Waals surface area contributed by atoms with Gasteiger partial charge in [0.2, 0.25) is 0 Å². The molecule has 3 heterocycles. The van der Waals surface area contributed by atoms with E-state index in [0.717, 1.165) is 29.5 Å². The van der Waals surface area contributed by atoms with Gasteiger partial charge >= 0.3 is 0 Å². The monoisotopic (exact) mass is 397 g/mol. The predicted molar refractivity (Wildman–Crippen MR) is 109 cm³/mol. The van der Waals surface area contributed by atoms with Crippen LogP contribution in [0.4, 0.5) is 5.13 Å². The zero-order valence-corrected chi connectivity index (χ0v) is 16.6. The van der Waals surface area contributed by atoms with Crippen molar-refractivity contribution in [2.45, 2.75) is 19.5 Å². The lowest BCUT2D eigenvalue weighted by Gasteiger charge is -2.26. The summed E-state index contributed by atoms with van der Waals surface area (Å²) in [6.07, 6.45) is 3.64. The molecule has 0 spiro atoms. The van der Waals surface area contributed by atoms with Crippen LogP contribution >= 0.6 is 11.3 Å². The van der Waals surface area contributed by atoms with E-state index >= 15 is 0 Å². The number of aromatic nitrogens is 3. The fourth-order valence-corrected chi connectivity index (χ4v) is 4.24. The van der Waals surface area contributed by atoms with Crippen molar-refractivity contribution in [2.75, 3.05) is 31.2 Å². The molecule has 1 N–H and O–H groups in total. The predicted octanol–water partition coefficient (Wildman–Crippen LogP) is 2.66. The number of carbonyl (C=O) groups excluding carboxylic acids is 1. The first-order chi connectivity index (χ1) is 13.7. The van der Waals surface area contributed by atoms with Crippen molar-refractivity contribution >= 4 is 22.4 Å². The average Bonchev–Trinajstić information content (AvgIpc) is 3.38. The van der Waals surface area contributed by atoms with Crippen LogP contribution in [-0.2, 0) is 11.3 Å². The molecule has 1 atom stereocenters. The molecule has 3 aromatic rings. The van der Waals surface area contributed by atoms with Crippen molar-refractivity contribution in [2.24, 2.45) is 0 Å². The van der Waals surface area contributed by atoms with Gasteiger partial charge in [0.05, 0.1) is 31.5 Å². The van der Waals surface area contributed by atoms with Gasteiger partial charge in [-0.05, 0) is 18.6 Å². The summed E-state index contributed by atoms with van der Waals surface area (Å²) in [4.78, 5) is 20.5. The Morgan fingerprint density at radius 3 is 2.75 bits per heavy atom. The number of nitrogens with one attached hydrogen (secondary N) is 1. The lowest BCUT2D eigenvalue weighted by molar-refractivity contribution is 0.0935. The Balaban J connectivity index is 1.53. The second-order valence-electron chi connectivity index (χ2n) is 6.68.